The Morgan fingerprint density at radius 3 is 2.73 bits per heavy atom. The van der Waals surface area contributed by atoms with Crippen molar-refractivity contribution < 1.29 is 18.8 Å². The molecule has 1 amide bonds. The van der Waals surface area contributed by atoms with Crippen LogP contribution in [0.3, 0.4) is 0 Å². The lowest BCUT2D eigenvalue weighted by molar-refractivity contribution is -0.144. The Kier molecular flexibility index (Phi) is 5.48. The van der Waals surface area contributed by atoms with E-state index in [1.807, 2.05) is 6.07 Å². The van der Waals surface area contributed by atoms with Gasteiger partial charge in [-0.2, -0.15) is 0 Å². The van der Waals surface area contributed by atoms with E-state index in [0.717, 1.165) is 0 Å². The molecule has 6 heteroatoms. The summed E-state index contributed by atoms with van der Waals surface area (Å²) in [6, 6.07) is 10.3. The molecule has 0 saturated carbocycles. The first kappa shape index (κ1) is 15.5. The van der Waals surface area contributed by atoms with Gasteiger partial charge >= 0.3 is 5.97 Å². The molecule has 114 valence electrons. The molecule has 1 aromatic carbocycles. The molecular formula is C16H16N2O4. The molecule has 1 N–H and O–H groups in total. The SMILES string of the molecule is CCOC(=O)C(/C=C/NC(=O)c1ccccc1)c1ccno1. The second-order valence-corrected chi connectivity index (χ2v) is 4.34. The van der Waals surface area contributed by atoms with Crippen molar-refractivity contribution in [2.24, 2.45) is 0 Å². The molecule has 0 saturated heterocycles. The number of aromatic nitrogens is 1. The summed E-state index contributed by atoms with van der Waals surface area (Å²) in [5.41, 5.74) is 0.527. The van der Waals surface area contributed by atoms with E-state index in [1.165, 1.54) is 18.5 Å². The van der Waals surface area contributed by atoms with Gasteiger partial charge in [-0.1, -0.05) is 23.4 Å². The lowest BCUT2D eigenvalue weighted by Gasteiger charge is -2.08. The second kappa shape index (κ2) is 7.78. The zero-order chi connectivity index (χ0) is 15.8. The van der Waals surface area contributed by atoms with Gasteiger partial charge in [-0.25, -0.2) is 0 Å². The van der Waals surface area contributed by atoms with E-state index < -0.39 is 11.9 Å². The normalized spacial score (nSPS) is 12.0. The number of amides is 1. The van der Waals surface area contributed by atoms with Crippen molar-refractivity contribution in [2.75, 3.05) is 6.61 Å². The number of rotatable bonds is 6. The summed E-state index contributed by atoms with van der Waals surface area (Å²) in [5.74, 6) is -1.14. The first-order valence-electron chi connectivity index (χ1n) is 6.82. The third-order valence-corrected chi connectivity index (χ3v) is 2.84. The van der Waals surface area contributed by atoms with Crippen LogP contribution in [0.15, 0.2) is 59.4 Å². The highest BCUT2D eigenvalue weighted by molar-refractivity contribution is 5.94. The number of benzene rings is 1. The Morgan fingerprint density at radius 1 is 1.32 bits per heavy atom. The zero-order valence-electron chi connectivity index (χ0n) is 12.1. The van der Waals surface area contributed by atoms with Gasteiger partial charge in [0.15, 0.2) is 5.76 Å². The number of nitrogens with one attached hydrogen (secondary N) is 1. The number of hydrogen-bond acceptors (Lipinski definition) is 5. The van der Waals surface area contributed by atoms with E-state index in [2.05, 4.69) is 10.5 Å². The molecule has 0 aliphatic carbocycles. The van der Waals surface area contributed by atoms with E-state index in [9.17, 15) is 9.59 Å². The molecule has 1 aromatic heterocycles. The Balaban J connectivity index is 2.04. The summed E-state index contributed by atoms with van der Waals surface area (Å²) in [7, 11) is 0. The number of hydrogen-bond donors (Lipinski definition) is 1. The molecule has 22 heavy (non-hydrogen) atoms. The minimum atomic E-state index is -0.751. The first-order chi connectivity index (χ1) is 10.7. The lowest BCUT2D eigenvalue weighted by Crippen LogP contribution is -2.19. The van der Waals surface area contributed by atoms with Gasteiger partial charge in [0.2, 0.25) is 0 Å². The van der Waals surface area contributed by atoms with Gasteiger partial charge in [0, 0.05) is 17.8 Å². The molecule has 1 heterocycles. The van der Waals surface area contributed by atoms with Gasteiger partial charge in [0.25, 0.3) is 5.91 Å². The maximum atomic E-state index is 11.9. The molecule has 0 aliphatic rings. The van der Waals surface area contributed by atoms with Crippen molar-refractivity contribution in [2.45, 2.75) is 12.8 Å². The van der Waals surface area contributed by atoms with E-state index in [-0.39, 0.29) is 12.5 Å². The Morgan fingerprint density at radius 2 is 2.09 bits per heavy atom. The molecule has 0 bridgehead atoms. The van der Waals surface area contributed by atoms with Crippen LogP contribution >= 0.6 is 0 Å². The monoisotopic (exact) mass is 300 g/mol. The van der Waals surface area contributed by atoms with Gasteiger partial charge in [0.05, 0.1) is 12.8 Å². The van der Waals surface area contributed by atoms with Crippen LogP contribution < -0.4 is 5.32 Å². The molecule has 0 fully saturated rings. The zero-order valence-corrected chi connectivity index (χ0v) is 12.1. The molecule has 2 rings (SSSR count). The van der Waals surface area contributed by atoms with Gasteiger partial charge in [-0.3, -0.25) is 9.59 Å². The van der Waals surface area contributed by atoms with E-state index in [0.29, 0.717) is 11.3 Å². The highest BCUT2D eigenvalue weighted by Crippen LogP contribution is 2.18. The lowest BCUT2D eigenvalue weighted by atomic mass is 10.1. The highest BCUT2D eigenvalue weighted by Gasteiger charge is 2.22. The molecule has 0 aliphatic heterocycles. The van der Waals surface area contributed by atoms with Gasteiger partial charge in [-0.05, 0) is 25.1 Å². The first-order valence-corrected chi connectivity index (χ1v) is 6.82. The van der Waals surface area contributed by atoms with Crippen LogP contribution in [0.1, 0.15) is 29.0 Å². The quantitative estimate of drug-likeness (QED) is 0.828. The van der Waals surface area contributed by atoms with Gasteiger partial charge in [0.1, 0.15) is 5.92 Å². The van der Waals surface area contributed by atoms with Crippen LogP contribution in [0.4, 0.5) is 0 Å². The molecule has 0 radical (unpaired) electrons. The number of carbonyl (C=O) groups excluding carboxylic acids is 2. The summed E-state index contributed by atoms with van der Waals surface area (Å²) in [4.78, 5) is 23.8. The number of nitrogens with zero attached hydrogens (tertiary/aromatic N) is 1. The van der Waals surface area contributed by atoms with Crippen molar-refractivity contribution in [3.63, 3.8) is 0 Å². The summed E-state index contributed by atoms with van der Waals surface area (Å²) in [6.07, 6.45) is 4.34. The fourth-order valence-electron chi connectivity index (χ4n) is 1.80. The Hall–Kier alpha value is -2.89. The van der Waals surface area contributed by atoms with Crippen LogP contribution in [0.2, 0.25) is 0 Å². The topological polar surface area (TPSA) is 81.4 Å². The largest absolute Gasteiger partial charge is 0.465 e. The number of carbonyl (C=O) groups is 2. The van der Waals surface area contributed by atoms with Crippen LogP contribution in [-0.2, 0) is 9.53 Å². The van der Waals surface area contributed by atoms with Crippen molar-refractivity contribution in [3.05, 3.63) is 66.2 Å². The third-order valence-electron chi connectivity index (χ3n) is 2.84. The van der Waals surface area contributed by atoms with Gasteiger partial charge < -0.3 is 14.6 Å². The summed E-state index contributed by atoms with van der Waals surface area (Å²) < 4.78 is 9.97. The smallest absolute Gasteiger partial charge is 0.320 e. The van der Waals surface area contributed by atoms with Crippen molar-refractivity contribution in [1.82, 2.24) is 10.5 Å². The maximum absolute atomic E-state index is 11.9. The summed E-state index contributed by atoms with van der Waals surface area (Å²) >= 11 is 0. The maximum Gasteiger partial charge on any atom is 0.320 e. The predicted octanol–water partition coefficient (Wildman–Crippen LogP) is 2.27. The number of ether oxygens (including phenoxy) is 1. The van der Waals surface area contributed by atoms with Crippen LogP contribution in [-0.4, -0.2) is 23.6 Å². The highest BCUT2D eigenvalue weighted by atomic mass is 16.5. The minimum Gasteiger partial charge on any atom is -0.465 e. The molecule has 0 spiro atoms. The molecular weight excluding hydrogens is 284 g/mol. The summed E-state index contributed by atoms with van der Waals surface area (Å²) in [5, 5.41) is 6.17. The van der Waals surface area contributed by atoms with E-state index in [4.69, 9.17) is 9.26 Å². The average Bonchev–Trinajstić information content (AvgIpc) is 3.06. The molecule has 1 unspecified atom stereocenters. The molecule has 6 nitrogen and oxygen atoms in total. The fourth-order valence-corrected chi connectivity index (χ4v) is 1.80. The van der Waals surface area contributed by atoms with Gasteiger partial charge in [-0.15, -0.1) is 0 Å². The fraction of sp³-hybridized carbons (Fsp3) is 0.188. The van der Waals surface area contributed by atoms with Crippen molar-refractivity contribution in [1.29, 1.82) is 0 Å². The Bertz CT molecular complexity index is 635. The average molecular weight is 300 g/mol. The second-order valence-electron chi connectivity index (χ2n) is 4.34. The molecule has 1 atom stereocenters. The van der Waals surface area contributed by atoms with Crippen LogP contribution in [0, 0.1) is 0 Å². The van der Waals surface area contributed by atoms with E-state index >= 15 is 0 Å². The molecule has 2 aromatic rings. The van der Waals surface area contributed by atoms with E-state index in [1.54, 1.807) is 37.3 Å². The minimum absolute atomic E-state index is 0.258. The standard InChI is InChI=1S/C16H16N2O4/c1-2-21-16(20)13(14-9-11-18-22-14)8-10-17-15(19)12-6-4-3-5-7-12/h3-11,13H,2H2,1H3,(H,17,19)/b10-8+. The van der Waals surface area contributed by atoms with Crippen molar-refractivity contribution >= 4 is 11.9 Å². The van der Waals surface area contributed by atoms with Crippen LogP contribution in [0.25, 0.3) is 0 Å². The Labute approximate surface area is 127 Å². The summed E-state index contributed by atoms with van der Waals surface area (Å²) in [6.45, 7) is 1.98. The third kappa shape index (κ3) is 4.05. The number of esters is 1. The van der Waals surface area contributed by atoms with Crippen molar-refractivity contribution in [3.8, 4) is 0 Å². The predicted molar refractivity (Wildman–Crippen MR) is 78.9 cm³/mol. The van der Waals surface area contributed by atoms with Crippen LogP contribution in [0.5, 0.6) is 0 Å².